The number of para-hydroxylation sites is 2. The molecule has 1 aliphatic heterocycles. The van der Waals surface area contributed by atoms with Gasteiger partial charge in [-0.2, -0.15) is 5.26 Å². The average molecular weight is 421 g/mol. The van der Waals surface area contributed by atoms with Gasteiger partial charge in [0.15, 0.2) is 11.1 Å². The third-order valence-electron chi connectivity index (χ3n) is 5.66. The smallest absolute Gasteiger partial charge is 0.200 e. The minimum atomic E-state index is -3.96. The number of anilines is 1. The first-order valence-electron chi connectivity index (χ1n) is 10.1. The second-order valence-corrected chi connectivity index (χ2v) is 9.99. The molecule has 3 aromatic rings. The Balaban J connectivity index is 1.89. The summed E-state index contributed by atoms with van der Waals surface area (Å²) in [7, 11) is -3.96. The number of sulfone groups is 1. The van der Waals surface area contributed by atoms with Crippen molar-refractivity contribution in [2.45, 2.75) is 36.8 Å². The number of nitriles is 1. The molecule has 6 nitrogen and oxygen atoms in total. The minimum absolute atomic E-state index is 0.127. The highest BCUT2D eigenvalue weighted by Crippen LogP contribution is 2.35. The fraction of sp³-hybridized carbons (Fsp3) is 0.348. The summed E-state index contributed by atoms with van der Waals surface area (Å²) < 4.78 is 26.9. The van der Waals surface area contributed by atoms with Gasteiger partial charge in [-0.05, 0) is 55.5 Å². The van der Waals surface area contributed by atoms with E-state index in [-0.39, 0.29) is 10.6 Å². The zero-order valence-corrected chi connectivity index (χ0v) is 17.9. The molecule has 0 spiro atoms. The number of hydrogen-bond acceptors (Lipinski definition) is 6. The Morgan fingerprint density at radius 2 is 1.73 bits per heavy atom. The van der Waals surface area contributed by atoms with E-state index in [2.05, 4.69) is 16.8 Å². The van der Waals surface area contributed by atoms with Gasteiger partial charge < -0.3 is 4.90 Å². The molecule has 2 aromatic carbocycles. The van der Waals surface area contributed by atoms with Crippen LogP contribution in [0, 0.1) is 24.2 Å². The second kappa shape index (κ2) is 8.04. The predicted octanol–water partition coefficient (Wildman–Crippen LogP) is 4.21. The van der Waals surface area contributed by atoms with Crippen LogP contribution in [0.15, 0.2) is 53.4 Å². The Hall–Kier alpha value is -2.98. The molecule has 1 fully saturated rings. The van der Waals surface area contributed by atoms with Gasteiger partial charge in [0, 0.05) is 13.1 Å². The Morgan fingerprint density at radius 1 is 1.07 bits per heavy atom. The van der Waals surface area contributed by atoms with Crippen LogP contribution in [0.3, 0.4) is 0 Å². The van der Waals surface area contributed by atoms with E-state index in [9.17, 15) is 13.7 Å². The fourth-order valence-electron chi connectivity index (χ4n) is 3.84. The SMILES string of the molecule is Cc1cccc(S(=O)(=O)[C@@H](C#N)c2nc3ccccc3nc2N2CCC(C)CC2)c1. The van der Waals surface area contributed by atoms with Gasteiger partial charge in [0.05, 0.1) is 22.0 Å². The number of hydrogen-bond donors (Lipinski definition) is 0. The molecule has 2 heterocycles. The maximum absolute atomic E-state index is 13.4. The van der Waals surface area contributed by atoms with Gasteiger partial charge in [0.25, 0.3) is 0 Å². The normalized spacial score (nSPS) is 16.4. The van der Waals surface area contributed by atoms with E-state index in [0.29, 0.717) is 22.8 Å². The molecular formula is C23H24N4O2S. The van der Waals surface area contributed by atoms with E-state index in [1.54, 1.807) is 18.2 Å². The predicted molar refractivity (Wildman–Crippen MR) is 117 cm³/mol. The van der Waals surface area contributed by atoms with Crippen LogP contribution in [0.25, 0.3) is 11.0 Å². The number of rotatable bonds is 4. The third-order valence-corrected chi connectivity index (χ3v) is 7.52. The molecule has 1 aliphatic rings. The highest BCUT2D eigenvalue weighted by molar-refractivity contribution is 7.92. The lowest BCUT2D eigenvalue weighted by atomic mass is 9.99. The van der Waals surface area contributed by atoms with Crippen molar-refractivity contribution in [3.63, 3.8) is 0 Å². The number of piperidine rings is 1. The highest BCUT2D eigenvalue weighted by atomic mass is 32.2. The Morgan fingerprint density at radius 3 is 2.37 bits per heavy atom. The fourth-order valence-corrected chi connectivity index (χ4v) is 5.32. The van der Waals surface area contributed by atoms with E-state index in [4.69, 9.17) is 4.98 Å². The maximum Gasteiger partial charge on any atom is 0.200 e. The summed E-state index contributed by atoms with van der Waals surface area (Å²) in [4.78, 5) is 11.6. The third kappa shape index (κ3) is 3.75. The van der Waals surface area contributed by atoms with Crippen LogP contribution < -0.4 is 4.90 Å². The van der Waals surface area contributed by atoms with E-state index in [0.717, 1.165) is 31.5 Å². The van der Waals surface area contributed by atoms with Crippen LogP contribution in [-0.4, -0.2) is 31.5 Å². The lowest BCUT2D eigenvalue weighted by Gasteiger charge is -2.32. The van der Waals surface area contributed by atoms with Crippen molar-refractivity contribution >= 4 is 26.7 Å². The molecule has 0 amide bonds. The molecule has 1 aromatic heterocycles. The summed E-state index contributed by atoms with van der Waals surface area (Å²) in [6.07, 6.45) is 1.99. The molecule has 0 unspecified atom stereocenters. The molecule has 7 heteroatoms. The first-order chi connectivity index (χ1) is 14.4. The summed E-state index contributed by atoms with van der Waals surface area (Å²) >= 11 is 0. The van der Waals surface area contributed by atoms with Crippen LogP contribution >= 0.6 is 0 Å². The Kier molecular flexibility index (Phi) is 5.44. The monoisotopic (exact) mass is 420 g/mol. The number of aromatic nitrogens is 2. The summed E-state index contributed by atoms with van der Waals surface area (Å²) in [6.45, 7) is 5.58. The Bertz CT molecular complexity index is 1230. The van der Waals surface area contributed by atoms with Crippen LogP contribution in [0.1, 0.15) is 36.3 Å². The summed E-state index contributed by atoms with van der Waals surface area (Å²) in [5, 5.41) is 8.54. The molecular weight excluding hydrogens is 396 g/mol. The first kappa shape index (κ1) is 20.3. The second-order valence-electron chi connectivity index (χ2n) is 7.96. The van der Waals surface area contributed by atoms with Gasteiger partial charge in [-0.15, -0.1) is 0 Å². The van der Waals surface area contributed by atoms with E-state index in [1.807, 2.05) is 37.3 Å². The summed E-state index contributed by atoms with van der Waals surface area (Å²) in [6, 6.07) is 16.0. The molecule has 30 heavy (non-hydrogen) atoms. The maximum atomic E-state index is 13.4. The minimum Gasteiger partial charge on any atom is -0.355 e. The molecule has 0 aliphatic carbocycles. The molecule has 0 bridgehead atoms. The number of nitrogens with zero attached hydrogens (tertiary/aromatic N) is 4. The first-order valence-corrected chi connectivity index (χ1v) is 11.7. The topological polar surface area (TPSA) is 86.9 Å². The van der Waals surface area contributed by atoms with Crippen LogP contribution in [0.2, 0.25) is 0 Å². The lowest BCUT2D eigenvalue weighted by molar-refractivity contribution is 0.436. The standard InChI is InChI=1S/C23H24N4O2S/c1-16-10-12-27(13-11-16)23-22(25-19-8-3-4-9-20(19)26-23)21(15-24)30(28,29)18-7-5-6-17(2)14-18/h3-9,14,16,21H,10-13H2,1-2H3/t21-/m0/s1. The van der Waals surface area contributed by atoms with Gasteiger partial charge in [-0.3, -0.25) is 0 Å². The van der Waals surface area contributed by atoms with Crippen molar-refractivity contribution in [3.8, 4) is 6.07 Å². The van der Waals surface area contributed by atoms with E-state index in [1.165, 1.54) is 6.07 Å². The highest BCUT2D eigenvalue weighted by Gasteiger charge is 2.35. The van der Waals surface area contributed by atoms with E-state index < -0.39 is 15.1 Å². The van der Waals surface area contributed by atoms with Crippen LogP contribution in [-0.2, 0) is 9.84 Å². The van der Waals surface area contributed by atoms with Gasteiger partial charge >= 0.3 is 0 Å². The lowest BCUT2D eigenvalue weighted by Crippen LogP contribution is -2.35. The van der Waals surface area contributed by atoms with Gasteiger partial charge in [0.2, 0.25) is 9.84 Å². The zero-order valence-electron chi connectivity index (χ0n) is 17.1. The molecule has 1 atom stereocenters. The molecule has 4 rings (SSSR count). The van der Waals surface area contributed by atoms with Crippen molar-refractivity contribution < 1.29 is 8.42 Å². The van der Waals surface area contributed by atoms with Gasteiger partial charge in [0.1, 0.15) is 5.69 Å². The van der Waals surface area contributed by atoms with Gasteiger partial charge in [-0.1, -0.05) is 31.2 Å². The van der Waals surface area contributed by atoms with Crippen molar-refractivity contribution in [1.82, 2.24) is 9.97 Å². The van der Waals surface area contributed by atoms with E-state index >= 15 is 0 Å². The molecule has 0 saturated carbocycles. The molecule has 0 radical (unpaired) electrons. The average Bonchev–Trinajstić information content (AvgIpc) is 2.74. The van der Waals surface area contributed by atoms with Crippen molar-refractivity contribution in [3.05, 3.63) is 59.8 Å². The molecule has 154 valence electrons. The van der Waals surface area contributed by atoms with Crippen molar-refractivity contribution in [2.75, 3.05) is 18.0 Å². The summed E-state index contributed by atoms with van der Waals surface area (Å²) in [5.74, 6) is 1.12. The van der Waals surface area contributed by atoms with Crippen LogP contribution in [0.4, 0.5) is 5.82 Å². The number of benzene rings is 2. The van der Waals surface area contributed by atoms with Crippen LogP contribution in [0.5, 0.6) is 0 Å². The number of fused-ring (bicyclic) bond motifs is 1. The Labute approximate surface area is 177 Å². The quantitative estimate of drug-likeness (QED) is 0.628. The summed E-state index contributed by atoms with van der Waals surface area (Å²) in [5.41, 5.74) is 2.32. The zero-order chi connectivity index (χ0) is 21.3. The van der Waals surface area contributed by atoms with Gasteiger partial charge in [-0.25, -0.2) is 18.4 Å². The number of aryl methyl sites for hydroxylation is 1. The largest absolute Gasteiger partial charge is 0.355 e. The molecule has 1 saturated heterocycles. The molecule has 0 N–H and O–H groups in total. The van der Waals surface area contributed by atoms with Crippen molar-refractivity contribution in [1.29, 1.82) is 5.26 Å². The van der Waals surface area contributed by atoms with Crippen molar-refractivity contribution in [2.24, 2.45) is 5.92 Å².